The lowest BCUT2D eigenvalue weighted by molar-refractivity contribution is 0.217. The Hall–Kier alpha value is -1.29. The molecule has 4 rings (SSSR count). The van der Waals surface area contributed by atoms with Gasteiger partial charge in [0.1, 0.15) is 12.4 Å². The molecular formula is C15H21N3O. The van der Waals surface area contributed by atoms with Gasteiger partial charge in [-0.15, -0.1) is 0 Å². The lowest BCUT2D eigenvalue weighted by Crippen LogP contribution is -2.46. The SMILES string of the molecule is c1ncc(N2CC3CCC3C2)cc1OCC1CCN1. The summed E-state index contributed by atoms with van der Waals surface area (Å²) in [7, 11) is 0. The highest BCUT2D eigenvalue weighted by Gasteiger charge is 2.39. The molecule has 3 fully saturated rings. The lowest BCUT2D eigenvalue weighted by atomic mass is 9.77. The molecule has 3 atom stereocenters. The Morgan fingerprint density at radius 3 is 2.63 bits per heavy atom. The zero-order chi connectivity index (χ0) is 12.7. The fourth-order valence-corrected chi connectivity index (χ4v) is 3.32. The summed E-state index contributed by atoms with van der Waals surface area (Å²) in [6.07, 6.45) is 7.85. The number of rotatable bonds is 4. The Morgan fingerprint density at radius 2 is 2.00 bits per heavy atom. The van der Waals surface area contributed by atoms with Crippen LogP contribution in [0.15, 0.2) is 18.5 Å². The first kappa shape index (κ1) is 11.5. The first-order chi connectivity index (χ1) is 9.38. The first-order valence-electron chi connectivity index (χ1n) is 7.45. The van der Waals surface area contributed by atoms with Crippen molar-refractivity contribution in [2.45, 2.75) is 25.3 Å². The Balaban J connectivity index is 1.41. The summed E-state index contributed by atoms with van der Waals surface area (Å²) in [5.41, 5.74) is 1.23. The number of nitrogens with one attached hydrogen (secondary N) is 1. The van der Waals surface area contributed by atoms with Gasteiger partial charge in [0.05, 0.1) is 18.1 Å². The summed E-state index contributed by atoms with van der Waals surface area (Å²) in [5, 5.41) is 3.35. The third kappa shape index (κ3) is 2.18. The van der Waals surface area contributed by atoms with Gasteiger partial charge in [0.2, 0.25) is 0 Å². The maximum Gasteiger partial charge on any atom is 0.139 e. The molecule has 1 aromatic heterocycles. The summed E-state index contributed by atoms with van der Waals surface area (Å²) >= 11 is 0. The minimum absolute atomic E-state index is 0.534. The average Bonchev–Trinajstić information content (AvgIpc) is 2.64. The molecule has 4 nitrogen and oxygen atoms in total. The number of fused-ring (bicyclic) bond motifs is 1. The monoisotopic (exact) mass is 259 g/mol. The zero-order valence-electron chi connectivity index (χ0n) is 11.2. The van der Waals surface area contributed by atoms with Gasteiger partial charge in [0.25, 0.3) is 0 Å². The Bertz CT molecular complexity index is 448. The molecular weight excluding hydrogens is 238 g/mol. The number of ether oxygens (including phenoxy) is 1. The zero-order valence-corrected chi connectivity index (χ0v) is 11.2. The quantitative estimate of drug-likeness (QED) is 0.892. The Morgan fingerprint density at radius 1 is 1.21 bits per heavy atom. The van der Waals surface area contributed by atoms with Crippen molar-refractivity contribution in [1.29, 1.82) is 0 Å². The standard InChI is InChI=1S/C15H21N3O/c1-2-12-9-18(8-11(1)12)14-5-15(7-16-6-14)19-10-13-3-4-17-13/h5-7,11-13,17H,1-4,8-10H2. The predicted molar refractivity (Wildman–Crippen MR) is 74.6 cm³/mol. The molecule has 3 aliphatic rings. The van der Waals surface area contributed by atoms with Gasteiger partial charge in [-0.3, -0.25) is 4.98 Å². The normalized spacial score (nSPS) is 32.4. The fraction of sp³-hybridized carbons (Fsp3) is 0.667. The van der Waals surface area contributed by atoms with Crippen LogP contribution in [0.2, 0.25) is 0 Å². The molecule has 0 radical (unpaired) electrons. The predicted octanol–water partition coefficient (Wildman–Crippen LogP) is 1.67. The first-order valence-corrected chi connectivity index (χ1v) is 7.45. The van der Waals surface area contributed by atoms with Crippen molar-refractivity contribution < 1.29 is 4.74 Å². The minimum atomic E-state index is 0.534. The van der Waals surface area contributed by atoms with Gasteiger partial charge in [0, 0.05) is 25.2 Å². The molecule has 1 aromatic rings. The van der Waals surface area contributed by atoms with Crippen molar-refractivity contribution in [2.75, 3.05) is 31.1 Å². The maximum absolute atomic E-state index is 5.83. The Labute approximate surface area is 114 Å². The van der Waals surface area contributed by atoms with Gasteiger partial charge >= 0.3 is 0 Å². The van der Waals surface area contributed by atoms with Crippen molar-refractivity contribution in [1.82, 2.24) is 10.3 Å². The van der Waals surface area contributed by atoms with E-state index in [1.807, 2.05) is 12.4 Å². The second-order valence-corrected chi connectivity index (χ2v) is 6.13. The fourth-order valence-electron chi connectivity index (χ4n) is 3.32. The van der Waals surface area contributed by atoms with Crippen LogP contribution in [0.5, 0.6) is 5.75 Å². The van der Waals surface area contributed by atoms with E-state index in [9.17, 15) is 0 Å². The second kappa shape index (κ2) is 4.67. The van der Waals surface area contributed by atoms with Crippen LogP contribution in [0, 0.1) is 11.8 Å². The summed E-state index contributed by atoms with van der Waals surface area (Å²) in [6, 6.07) is 2.68. The van der Waals surface area contributed by atoms with E-state index in [0.29, 0.717) is 6.04 Å². The van der Waals surface area contributed by atoms with E-state index in [-0.39, 0.29) is 0 Å². The molecule has 0 amide bonds. The molecule has 0 aromatic carbocycles. The second-order valence-electron chi connectivity index (χ2n) is 6.13. The van der Waals surface area contributed by atoms with E-state index in [2.05, 4.69) is 21.3 Å². The van der Waals surface area contributed by atoms with Crippen LogP contribution < -0.4 is 15.0 Å². The van der Waals surface area contributed by atoms with Gasteiger partial charge in [-0.25, -0.2) is 0 Å². The molecule has 102 valence electrons. The van der Waals surface area contributed by atoms with Gasteiger partial charge in [-0.05, 0) is 37.6 Å². The highest BCUT2D eigenvalue weighted by molar-refractivity contribution is 5.49. The molecule has 1 saturated carbocycles. The van der Waals surface area contributed by atoms with E-state index < -0.39 is 0 Å². The van der Waals surface area contributed by atoms with Gasteiger partial charge in [-0.1, -0.05) is 0 Å². The van der Waals surface area contributed by atoms with E-state index >= 15 is 0 Å². The van der Waals surface area contributed by atoms with Crippen LogP contribution in [0.1, 0.15) is 19.3 Å². The van der Waals surface area contributed by atoms with E-state index in [1.54, 1.807) is 0 Å². The number of hydrogen-bond acceptors (Lipinski definition) is 4. The summed E-state index contributed by atoms with van der Waals surface area (Å²) in [4.78, 5) is 6.81. The van der Waals surface area contributed by atoms with Crippen LogP contribution in [0.3, 0.4) is 0 Å². The maximum atomic E-state index is 5.83. The van der Waals surface area contributed by atoms with Crippen molar-refractivity contribution >= 4 is 5.69 Å². The molecule has 4 heteroatoms. The molecule has 19 heavy (non-hydrogen) atoms. The smallest absolute Gasteiger partial charge is 0.139 e. The highest BCUT2D eigenvalue weighted by atomic mass is 16.5. The number of nitrogens with zero attached hydrogens (tertiary/aromatic N) is 2. The summed E-state index contributed by atoms with van der Waals surface area (Å²) < 4.78 is 5.83. The molecule has 0 bridgehead atoms. The summed E-state index contributed by atoms with van der Waals surface area (Å²) in [6.45, 7) is 4.30. The topological polar surface area (TPSA) is 37.4 Å². The third-order valence-electron chi connectivity index (χ3n) is 4.93. The number of hydrogen-bond donors (Lipinski definition) is 1. The minimum Gasteiger partial charge on any atom is -0.490 e. The summed E-state index contributed by atoms with van der Waals surface area (Å²) in [5.74, 6) is 2.78. The highest BCUT2D eigenvalue weighted by Crippen LogP contribution is 2.42. The van der Waals surface area contributed by atoms with Crippen molar-refractivity contribution in [3.05, 3.63) is 18.5 Å². The van der Waals surface area contributed by atoms with Crippen molar-refractivity contribution in [2.24, 2.45) is 11.8 Å². The molecule has 1 aliphatic carbocycles. The van der Waals surface area contributed by atoms with E-state index in [0.717, 1.165) is 30.7 Å². The Kier molecular flexibility index (Phi) is 2.84. The van der Waals surface area contributed by atoms with Crippen molar-refractivity contribution in [3.8, 4) is 5.75 Å². The average molecular weight is 259 g/mol. The molecule has 3 unspecified atom stereocenters. The van der Waals surface area contributed by atoms with Gasteiger partial charge in [-0.2, -0.15) is 0 Å². The van der Waals surface area contributed by atoms with Crippen LogP contribution in [0.4, 0.5) is 5.69 Å². The van der Waals surface area contributed by atoms with Crippen LogP contribution >= 0.6 is 0 Å². The van der Waals surface area contributed by atoms with Crippen molar-refractivity contribution in [3.63, 3.8) is 0 Å². The van der Waals surface area contributed by atoms with Crippen LogP contribution in [-0.2, 0) is 0 Å². The lowest BCUT2D eigenvalue weighted by Gasteiger charge is -2.27. The van der Waals surface area contributed by atoms with Crippen LogP contribution in [0.25, 0.3) is 0 Å². The molecule has 1 N–H and O–H groups in total. The third-order valence-corrected chi connectivity index (χ3v) is 4.93. The molecule has 0 spiro atoms. The number of anilines is 1. The molecule has 2 aliphatic heterocycles. The molecule has 2 saturated heterocycles. The molecule has 3 heterocycles. The van der Waals surface area contributed by atoms with E-state index in [4.69, 9.17) is 4.74 Å². The van der Waals surface area contributed by atoms with Gasteiger partial charge < -0.3 is 15.0 Å². The number of aromatic nitrogens is 1. The van der Waals surface area contributed by atoms with E-state index in [1.165, 1.54) is 38.0 Å². The number of pyridine rings is 1. The van der Waals surface area contributed by atoms with Gasteiger partial charge in [0.15, 0.2) is 0 Å². The largest absolute Gasteiger partial charge is 0.490 e. The van der Waals surface area contributed by atoms with Crippen LogP contribution in [-0.4, -0.2) is 37.3 Å².